The quantitative estimate of drug-likeness (QED) is 0.931. The van der Waals surface area contributed by atoms with E-state index in [-0.39, 0.29) is 6.10 Å². The van der Waals surface area contributed by atoms with E-state index in [2.05, 4.69) is 17.1 Å². The van der Waals surface area contributed by atoms with Crippen molar-refractivity contribution in [1.29, 1.82) is 0 Å². The van der Waals surface area contributed by atoms with E-state index in [1.807, 2.05) is 32.0 Å². The summed E-state index contributed by atoms with van der Waals surface area (Å²) in [5.74, 6) is 0.710. The van der Waals surface area contributed by atoms with Crippen molar-refractivity contribution in [3.63, 3.8) is 0 Å². The molecule has 0 unspecified atom stereocenters. The van der Waals surface area contributed by atoms with E-state index in [1.54, 1.807) is 12.4 Å². The molecule has 0 aliphatic heterocycles. The molecule has 1 N–H and O–H groups in total. The minimum absolute atomic E-state index is 0.0995. The monoisotopic (exact) mass is 269 g/mol. The van der Waals surface area contributed by atoms with Gasteiger partial charge in [-0.2, -0.15) is 0 Å². The highest BCUT2D eigenvalue weighted by Gasteiger charge is 2.37. The molecule has 1 aliphatic carbocycles. The van der Waals surface area contributed by atoms with Gasteiger partial charge in [0, 0.05) is 24.6 Å². The first-order valence-electron chi connectivity index (χ1n) is 6.98. The molecular formula is C17H19NO2. The Kier molecular flexibility index (Phi) is 3.22. The Balaban J connectivity index is 1.90. The van der Waals surface area contributed by atoms with Crippen molar-refractivity contribution in [2.75, 3.05) is 0 Å². The molecule has 1 aromatic carbocycles. The maximum atomic E-state index is 10.9. The van der Waals surface area contributed by atoms with Gasteiger partial charge in [-0.15, -0.1) is 0 Å². The van der Waals surface area contributed by atoms with Gasteiger partial charge in [0.05, 0.1) is 17.9 Å². The smallest absolute Gasteiger partial charge is 0.138 e. The van der Waals surface area contributed by atoms with Gasteiger partial charge in [0.15, 0.2) is 0 Å². The Bertz CT molecular complexity index is 597. The fourth-order valence-corrected chi connectivity index (χ4v) is 2.81. The zero-order chi connectivity index (χ0) is 14.2. The zero-order valence-electron chi connectivity index (χ0n) is 11.8. The lowest BCUT2D eigenvalue weighted by Gasteiger charge is -2.23. The third-order valence-electron chi connectivity index (χ3n) is 3.71. The second-order valence-electron chi connectivity index (χ2n) is 5.73. The summed E-state index contributed by atoms with van der Waals surface area (Å²) < 4.78 is 5.66. The molecule has 3 heteroatoms. The van der Waals surface area contributed by atoms with Gasteiger partial charge in [0.1, 0.15) is 5.75 Å². The van der Waals surface area contributed by atoms with Gasteiger partial charge in [-0.05, 0) is 31.0 Å². The van der Waals surface area contributed by atoms with Crippen LogP contribution in [-0.2, 0) is 18.4 Å². The Hall–Kier alpha value is -1.87. The summed E-state index contributed by atoms with van der Waals surface area (Å²) in [7, 11) is 0. The van der Waals surface area contributed by atoms with Gasteiger partial charge < -0.3 is 9.84 Å². The number of fused-ring (bicyclic) bond motifs is 1. The minimum Gasteiger partial charge on any atom is -0.489 e. The van der Waals surface area contributed by atoms with Crippen LogP contribution in [0.5, 0.6) is 5.75 Å². The highest BCUT2D eigenvalue weighted by Crippen LogP contribution is 2.38. The van der Waals surface area contributed by atoms with Gasteiger partial charge in [-0.3, -0.25) is 4.98 Å². The SMILES string of the molecule is CC(C)Oc1cncc(C2(O)Cc3ccccc3C2)c1. The molecule has 0 atom stereocenters. The van der Waals surface area contributed by atoms with Gasteiger partial charge in [0.25, 0.3) is 0 Å². The summed E-state index contributed by atoms with van der Waals surface area (Å²) in [6, 6.07) is 10.1. The van der Waals surface area contributed by atoms with Crippen LogP contribution in [0.15, 0.2) is 42.7 Å². The van der Waals surface area contributed by atoms with Crippen molar-refractivity contribution in [3.05, 3.63) is 59.4 Å². The predicted molar refractivity (Wildman–Crippen MR) is 77.7 cm³/mol. The number of aliphatic hydroxyl groups is 1. The third kappa shape index (κ3) is 2.41. The maximum absolute atomic E-state index is 10.9. The van der Waals surface area contributed by atoms with Crippen LogP contribution in [0, 0.1) is 0 Å². The van der Waals surface area contributed by atoms with Crippen molar-refractivity contribution in [3.8, 4) is 5.75 Å². The third-order valence-corrected chi connectivity index (χ3v) is 3.71. The molecule has 0 radical (unpaired) electrons. The predicted octanol–water partition coefficient (Wildman–Crippen LogP) is 2.86. The van der Waals surface area contributed by atoms with Crippen LogP contribution in [0.25, 0.3) is 0 Å². The normalized spacial score (nSPS) is 16.2. The summed E-state index contributed by atoms with van der Waals surface area (Å²) in [6.45, 7) is 3.96. The van der Waals surface area contributed by atoms with Gasteiger partial charge in [-0.25, -0.2) is 0 Å². The lowest BCUT2D eigenvalue weighted by Crippen LogP contribution is -2.26. The number of hydrogen-bond acceptors (Lipinski definition) is 3. The highest BCUT2D eigenvalue weighted by atomic mass is 16.5. The molecule has 0 saturated heterocycles. The molecule has 0 saturated carbocycles. The van der Waals surface area contributed by atoms with Gasteiger partial charge in [-0.1, -0.05) is 24.3 Å². The fraction of sp³-hybridized carbons (Fsp3) is 0.353. The van der Waals surface area contributed by atoms with E-state index >= 15 is 0 Å². The summed E-state index contributed by atoms with van der Waals surface area (Å²) in [5, 5.41) is 10.9. The first-order chi connectivity index (χ1) is 9.57. The van der Waals surface area contributed by atoms with E-state index in [4.69, 9.17) is 4.74 Å². The van der Waals surface area contributed by atoms with Gasteiger partial charge in [0.2, 0.25) is 0 Å². The minimum atomic E-state index is -0.868. The Labute approximate surface area is 119 Å². The van der Waals surface area contributed by atoms with Crippen LogP contribution in [-0.4, -0.2) is 16.2 Å². The summed E-state index contributed by atoms with van der Waals surface area (Å²) in [4.78, 5) is 4.21. The molecule has 20 heavy (non-hydrogen) atoms. The first-order valence-corrected chi connectivity index (χ1v) is 6.98. The number of hydrogen-bond donors (Lipinski definition) is 1. The van der Waals surface area contributed by atoms with E-state index in [9.17, 15) is 5.11 Å². The van der Waals surface area contributed by atoms with Crippen molar-refractivity contribution < 1.29 is 9.84 Å². The molecule has 0 bridgehead atoms. The second-order valence-corrected chi connectivity index (χ2v) is 5.73. The average Bonchev–Trinajstić information content (AvgIpc) is 2.76. The molecule has 0 spiro atoms. The van der Waals surface area contributed by atoms with Crippen LogP contribution in [0.4, 0.5) is 0 Å². The standard InChI is InChI=1S/C17H19NO2/c1-12(2)20-16-7-15(10-18-11-16)17(19)8-13-5-3-4-6-14(13)9-17/h3-7,10-12,19H,8-9H2,1-2H3. The number of benzene rings is 1. The number of nitrogens with zero attached hydrogens (tertiary/aromatic N) is 1. The molecule has 3 nitrogen and oxygen atoms in total. The van der Waals surface area contributed by atoms with Crippen LogP contribution < -0.4 is 4.74 Å². The van der Waals surface area contributed by atoms with Gasteiger partial charge >= 0.3 is 0 Å². The maximum Gasteiger partial charge on any atom is 0.138 e. The topological polar surface area (TPSA) is 42.4 Å². The largest absolute Gasteiger partial charge is 0.489 e. The summed E-state index contributed by atoms with van der Waals surface area (Å²) in [5.41, 5.74) is 2.38. The summed E-state index contributed by atoms with van der Waals surface area (Å²) in [6.07, 6.45) is 4.79. The van der Waals surface area contributed by atoms with E-state index in [1.165, 1.54) is 11.1 Å². The fourth-order valence-electron chi connectivity index (χ4n) is 2.81. The van der Waals surface area contributed by atoms with E-state index in [0.29, 0.717) is 18.6 Å². The van der Waals surface area contributed by atoms with Crippen molar-refractivity contribution >= 4 is 0 Å². The molecule has 3 rings (SSSR count). The highest BCUT2D eigenvalue weighted by molar-refractivity contribution is 5.40. The number of aromatic nitrogens is 1. The van der Waals surface area contributed by atoms with E-state index < -0.39 is 5.60 Å². The summed E-state index contributed by atoms with van der Waals surface area (Å²) >= 11 is 0. The lowest BCUT2D eigenvalue weighted by atomic mass is 9.92. The average molecular weight is 269 g/mol. The first kappa shape index (κ1) is 13.1. The Morgan fingerprint density at radius 3 is 2.40 bits per heavy atom. The Morgan fingerprint density at radius 1 is 1.15 bits per heavy atom. The van der Waals surface area contributed by atoms with Crippen LogP contribution in [0.3, 0.4) is 0 Å². The molecule has 1 aromatic heterocycles. The molecule has 1 heterocycles. The molecule has 2 aromatic rings. The van der Waals surface area contributed by atoms with Crippen LogP contribution in [0.1, 0.15) is 30.5 Å². The number of rotatable bonds is 3. The van der Waals surface area contributed by atoms with Crippen molar-refractivity contribution in [2.24, 2.45) is 0 Å². The second kappa shape index (κ2) is 4.91. The molecule has 0 amide bonds. The molecular weight excluding hydrogens is 250 g/mol. The van der Waals surface area contributed by atoms with Crippen molar-refractivity contribution in [2.45, 2.75) is 38.4 Å². The number of ether oxygens (including phenoxy) is 1. The van der Waals surface area contributed by atoms with Crippen molar-refractivity contribution in [1.82, 2.24) is 4.98 Å². The van der Waals surface area contributed by atoms with E-state index in [0.717, 1.165) is 5.56 Å². The molecule has 104 valence electrons. The molecule has 1 aliphatic rings. The van der Waals surface area contributed by atoms with Crippen LogP contribution in [0.2, 0.25) is 0 Å². The Morgan fingerprint density at radius 2 is 1.80 bits per heavy atom. The molecule has 0 fully saturated rings. The number of pyridine rings is 1. The zero-order valence-corrected chi connectivity index (χ0v) is 11.8. The lowest BCUT2D eigenvalue weighted by molar-refractivity contribution is 0.0474. The van der Waals surface area contributed by atoms with Crippen LogP contribution >= 0.6 is 0 Å².